The maximum Gasteiger partial charge on any atom is 0.304 e. The van der Waals surface area contributed by atoms with Gasteiger partial charge in [-0.1, -0.05) is 11.3 Å². The second-order valence-corrected chi connectivity index (χ2v) is 4.40. The van der Waals surface area contributed by atoms with Gasteiger partial charge in [0.2, 0.25) is 0 Å². The summed E-state index contributed by atoms with van der Waals surface area (Å²) in [7, 11) is 0. The van der Waals surface area contributed by atoms with Crippen LogP contribution >= 0.6 is 11.3 Å². The molecule has 0 spiro atoms. The molecule has 0 aliphatic carbocycles. The van der Waals surface area contributed by atoms with Crippen molar-refractivity contribution >= 4 is 11.3 Å². The highest BCUT2D eigenvalue weighted by atomic mass is 32.1. The van der Waals surface area contributed by atoms with Gasteiger partial charge in [-0.3, -0.25) is 4.79 Å². The van der Waals surface area contributed by atoms with Crippen LogP contribution in [0.3, 0.4) is 0 Å². The van der Waals surface area contributed by atoms with Gasteiger partial charge in [0.05, 0.1) is 0 Å². The smallest absolute Gasteiger partial charge is 0.304 e. The molecule has 6 heteroatoms. The molecule has 0 saturated carbocycles. The topological polar surface area (TPSA) is 44.9 Å². The van der Waals surface area contributed by atoms with E-state index in [1.165, 1.54) is 12.1 Å². The number of halogens is 2. The van der Waals surface area contributed by atoms with E-state index in [-0.39, 0.29) is 4.87 Å². The summed E-state index contributed by atoms with van der Waals surface area (Å²) in [6.07, 6.45) is 0. The number of rotatable bonds is 4. The average Bonchev–Trinajstić information content (AvgIpc) is 2.63. The SMILES string of the molecule is O=c1[nH]c(CNCc2cc(F)cc(F)c2)cs1. The van der Waals surface area contributed by atoms with E-state index in [1.54, 1.807) is 5.38 Å². The van der Waals surface area contributed by atoms with E-state index >= 15 is 0 Å². The van der Waals surface area contributed by atoms with Crippen LogP contribution in [0.5, 0.6) is 0 Å². The number of thiazole rings is 1. The molecule has 1 aromatic heterocycles. The molecule has 0 bridgehead atoms. The normalized spacial score (nSPS) is 10.7. The first kappa shape index (κ1) is 11.9. The fraction of sp³-hybridized carbons (Fsp3) is 0.182. The van der Waals surface area contributed by atoms with Crippen molar-refractivity contribution < 1.29 is 8.78 Å². The van der Waals surface area contributed by atoms with Crippen molar-refractivity contribution in [3.8, 4) is 0 Å². The molecule has 0 amide bonds. The Morgan fingerprint density at radius 3 is 2.47 bits per heavy atom. The molecule has 3 nitrogen and oxygen atoms in total. The Hall–Kier alpha value is -1.53. The fourth-order valence-electron chi connectivity index (χ4n) is 1.46. The third-order valence-corrected chi connectivity index (χ3v) is 2.86. The van der Waals surface area contributed by atoms with Gasteiger partial charge in [0.25, 0.3) is 0 Å². The highest BCUT2D eigenvalue weighted by molar-refractivity contribution is 7.07. The second kappa shape index (κ2) is 5.20. The Morgan fingerprint density at radius 2 is 1.88 bits per heavy atom. The van der Waals surface area contributed by atoms with Gasteiger partial charge >= 0.3 is 4.87 Å². The quantitative estimate of drug-likeness (QED) is 0.879. The van der Waals surface area contributed by atoms with Crippen molar-refractivity contribution in [2.75, 3.05) is 0 Å². The van der Waals surface area contributed by atoms with Crippen LogP contribution < -0.4 is 10.2 Å². The summed E-state index contributed by atoms with van der Waals surface area (Å²) in [5.74, 6) is -1.18. The standard InChI is InChI=1S/C11H10F2N2OS/c12-8-1-7(2-9(13)3-8)4-14-5-10-6-17-11(16)15-10/h1-3,6,14H,4-5H2,(H,15,16). The van der Waals surface area contributed by atoms with Crippen molar-refractivity contribution in [2.45, 2.75) is 13.1 Å². The Bertz CT molecular complexity index is 544. The van der Waals surface area contributed by atoms with Crippen LogP contribution in [-0.2, 0) is 13.1 Å². The monoisotopic (exact) mass is 256 g/mol. The molecule has 2 rings (SSSR count). The van der Waals surface area contributed by atoms with Gasteiger partial charge in [-0.2, -0.15) is 0 Å². The average molecular weight is 256 g/mol. The molecule has 0 radical (unpaired) electrons. The first-order chi connectivity index (χ1) is 8.13. The molecule has 17 heavy (non-hydrogen) atoms. The zero-order valence-electron chi connectivity index (χ0n) is 8.80. The van der Waals surface area contributed by atoms with Gasteiger partial charge < -0.3 is 10.3 Å². The van der Waals surface area contributed by atoms with E-state index in [4.69, 9.17) is 0 Å². The first-order valence-electron chi connectivity index (χ1n) is 4.96. The first-order valence-corrected chi connectivity index (χ1v) is 5.84. The van der Waals surface area contributed by atoms with Crippen molar-refractivity contribution in [3.63, 3.8) is 0 Å². The predicted octanol–water partition coefficient (Wildman–Crippen LogP) is 2.00. The van der Waals surface area contributed by atoms with Gasteiger partial charge in [-0.25, -0.2) is 8.78 Å². The van der Waals surface area contributed by atoms with Crippen molar-refractivity contribution in [3.05, 3.63) is 56.1 Å². The van der Waals surface area contributed by atoms with Crippen molar-refractivity contribution in [1.29, 1.82) is 0 Å². The minimum Gasteiger partial charge on any atom is -0.315 e. The Morgan fingerprint density at radius 1 is 1.18 bits per heavy atom. The molecule has 0 unspecified atom stereocenters. The minimum atomic E-state index is -0.592. The third-order valence-electron chi connectivity index (χ3n) is 2.14. The summed E-state index contributed by atoms with van der Waals surface area (Å²) in [4.78, 5) is 13.4. The Balaban J connectivity index is 1.91. The van der Waals surface area contributed by atoms with Crippen LogP contribution in [0.15, 0.2) is 28.4 Å². The summed E-state index contributed by atoms with van der Waals surface area (Å²) in [6, 6.07) is 3.37. The molecular weight excluding hydrogens is 246 g/mol. The minimum absolute atomic E-state index is 0.112. The van der Waals surface area contributed by atoms with Gasteiger partial charge in [0, 0.05) is 30.2 Å². The molecule has 0 aliphatic rings. The highest BCUT2D eigenvalue weighted by Gasteiger charge is 2.01. The lowest BCUT2D eigenvalue weighted by Gasteiger charge is -2.03. The molecule has 1 aromatic carbocycles. The lowest BCUT2D eigenvalue weighted by Crippen LogP contribution is -2.14. The molecule has 0 atom stereocenters. The van der Waals surface area contributed by atoms with E-state index in [1.807, 2.05) is 0 Å². The molecule has 0 fully saturated rings. The maximum absolute atomic E-state index is 12.9. The van der Waals surface area contributed by atoms with Crippen LogP contribution in [0, 0.1) is 11.6 Å². The molecule has 0 saturated heterocycles. The highest BCUT2D eigenvalue weighted by Crippen LogP contribution is 2.07. The van der Waals surface area contributed by atoms with E-state index in [0.717, 1.165) is 23.1 Å². The summed E-state index contributed by atoms with van der Waals surface area (Å²) in [5, 5.41) is 4.70. The summed E-state index contributed by atoms with van der Waals surface area (Å²) in [6.45, 7) is 0.795. The zero-order valence-corrected chi connectivity index (χ0v) is 9.61. The molecule has 1 heterocycles. The second-order valence-electron chi connectivity index (χ2n) is 3.55. The number of H-pyrrole nitrogens is 1. The zero-order chi connectivity index (χ0) is 12.3. The molecular formula is C11H10F2N2OS. The number of nitrogens with one attached hydrogen (secondary N) is 2. The van der Waals surface area contributed by atoms with E-state index in [2.05, 4.69) is 10.3 Å². The summed E-state index contributed by atoms with van der Waals surface area (Å²) < 4.78 is 25.7. The lowest BCUT2D eigenvalue weighted by molar-refractivity contribution is 0.574. The van der Waals surface area contributed by atoms with Crippen LogP contribution in [0.25, 0.3) is 0 Å². The summed E-state index contributed by atoms with van der Waals surface area (Å²) in [5.41, 5.74) is 1.29. The van der Waals surface area contributed by atoms with E-state index in [0.29, 0.717) is 18.7 Å². The van der Waals surface area contributed by atoms with E-state index < -0.39 is 11.6 Å². The number of aromatic nitrogens is 1. The fourth-order valence-corrected chi connectivity index (χ4v) is 2.04. The number of benzene rings is 1. The largest absolute Gasteiger partial charge is 0.315 e. The lowest BCUT2D eigenvalue weighted by atomic mass is 10.2. The van der Waals surface area contributed by atoms with E-state index in [9.17, 15) is 13.6 Å². The molecule has 90 valence electrons. The summed E-state index contributed by atoms with van der Waals surface area (Å²) >= 11 is 1.08. The molecule has 0 aliphatic heterocycles. The van der Waals surface area contributed by atoms with Gasteiger partial charge in [0.15, 0.2) is 0 Å². The van der Waals surface area contributed by atoms with Crippen LogP contribution in [0.4, 0.5) is 8.78 Å². The van der Waals surface area contributed by atoms with Gasteiger partial charge in [-0.05, 0) is 17.7 Å². The van der Waals surface area contributed by atoms with Crippen molar-refractivity contribution in [1.82, 2.24) is 10.3 Å². The Kier molecular flexibility index (Phi) is 3.65. The van der Waals surface area contributed by atoms with Gasteiger partial charge in [0.1, 0.15) is 11.6 Å². The predicted molar refractivity (Wildman–Crippen MR) is 61.8 cm³/mol. The van der Waals surface area contributed by atoms with Crippen LogP contribution in [0.1, 0.15) is 11.3 Å². The van der Waals surface area contributed by atoms with Gasteiger partial charge in [-0.15, -0.1) is 0 Å². The number of aromatic amines is 1. The van der Waals surface area contributed by atoms with Crippen LogP contribution in [0.2, 0.25) is 0 Å². The van der Waals surface area contributed by atoms with Crippen LogP contribution in [-0.4, -0.2) is 4.98 Å². The number of hydrogen-bond acceptors (Lipinski definition) is 3. The van der Waals surface area contributed by atoms with Crippen molar-refractivity contribution in [2.24, 2.45) is 0 Å². The Labute approximate surface area is 100 Å². The maximum atomic E-state index is 12.9. The number of hydrogen-bond donors (Lipinski definition) is 2. The third kappa shape index (κ3) is 3.47. The molecule has 2 N–H and O–H groups in total. The molecule has 2 aromatic rings.